The van der Waals surface area contributed by atoms with Gasteiger partial charge in [0.1, 0.15) is 0 Å². The molecular formula is C14H22N6O. The molecular weight excluding hydrogens is 268 g/mol. The third-order valence-electron chi connectivity index (χ3n) is 4.49. The molecule has 2 atom stereocenters. The van der Waals surface area contributed by atoms with E-state index in [0.717, 1.165) is 13.1 Å². The Bertz CT molecular complexity index is 534. The zero-order valence-electron chi connectivity index (χ0n) is 12.3. The van der Waals surface area contributed by atoms with Crippen molar-refractivity contribution in [1.29, 1.82) is 0 Å². The Kier molecular flexibility index (Phi) is 3.92. The first-order valence-electron chi connectivity index (χ1n) is 7.50. The zero-order chi connectivity index (χ0) is 14.8. The number of anilines is 1. The highest BCUT2D eigenvalue weighted by Crippen LogP contribution is 2.28. The van der Waals surface area contributed by atoms with E-state index in [1.54, 1.807) is 12.4 Å². The number of hydrogen-bond acceptors (Lipinski definition) is 6. The average Bonchev–Trinajstić information content (AvgIpc) is 2.53. The van der Waals surface area contributed by atoms with Gasteiger partial charge in [0.15, 0.2) is 17.3 Å². The number of piperazine rings is 1. The summed E-state index contributed by atoms with van der Waals surface area (Å²) in [6, 6.07) is 0.901. The van der Waals surface area contributed by atoms with Gasteiger partial charge in [0.2, 0.25) is 0 Å². The molecule has 1 aromatic rings. The number of amidine groups is 1. The van der Waals surface area contributed by atoms with Gasteiger partial charge in [0.05, 0.1) is 0 Å². The van der Waals surface area contributed by atoms with E-state index in [4.69, 9.17) is 10.9 Å². The summed E-state index contributed by atoms with van der Waals surface area (Å²) in [5.74, 6) is 0.724. The quantitative estimate of drug-likeness (QED) is 0.359. The van der Waals surface area contributed by atoms with Crippen LogP contribution in [0.4, 0.5) is 5.82 Å². The molecule has 0 saturated carbocycles. The second-order valence-electron chi connectivity index (χ2n) is 5.86. The summed E-state index contributed by atoms with van der Waals surface area (Å²) < 4.78 is 0. The number of nitrogens with two attached hydrogens (primary N) is 1. The molecule has 2 fully saturated rings. The van der Waals surface area contributed by atoms with Gasteiger partial charge < -0.3 is 15.8 Å². The smallest absolute Gasteiger partial charge is 0.192 e. The van der Waals surface area contributed by atoms with Crippen molar-refractivity contribution in [2.24, 2.45) is 10.9 Å². The predicted octanol–water partition coefficient (Wildman–Crippen LogP) is 0.634. The summed E-state index contributed by atoms with van der Waals surface area (Å²) in [6.07, 6.45) is 7.03. The normalized spacial score (nSPS) is 27.5. The number of nitrogens with zero attached hydrogens (tertiary/aromatic N) is 5. The van der Waals surface area contributed by atoms with Crippen LogP contribution in [0.5, 0.6) is 0 Å². The van der Waals surface area contributed by atoms with Crippen LogP contribution in [0, 0.1) is 0 Å². The second-order valence-corrected chi connectivity index (χ2v) is 5.86. The Morgan fingerprint density at radius 1 is 1.33 bits per heavy atom. The highest BCUT2D eigenvalue weighted by molar-refractivity contribution is 5.99. The monoisotopic (exact) mass is 290 g/mol. The van der Waals surface area contributed by atoms with Crippen LogP contribution >= 0.6 is 0 Å². The Labute approximate surface area is 124 Å². The molecule has 7 heteroatoms. The highest BCUT2D eigenvalue weighted by Gasteiger charge is 2.34. The van der Waals surface area contributed by atoms with E-state index in [0.29, 0.717) is 23.6 Å². The number of fused-ring (bicyclic) bond motifs is 1. The lowest BCUT2D eigenvalue weighted by Crippen LogP contribution is -2.59. The topological polar surface area (TPSA) is 90.9 Å². The molecule has 0 aromatic carbocycles. The van der Waals surface area contributed by atoms with E-state index in [1.165, 1.54) is 25.8 Å². The highest BCUT2D eigenvalue weighted by atomic mass is 16.4. The first-order chi connectivity index (χ1) is 10.2. The Hall–Kier alpha value is -1.89. The predicted molar refractivity (Wildman–Crippen MR) is 80.6 cm³/mol. The van der Waals surface area contributed by atoms with E-state index in [2.05, 4.69) is 31.8 Å². The lowest BCUT2D eigenvalue weighted by molar-refractivity contribution is 0.115. The number of rotatable bonds is 2. The maximum atomic E-state index is 8.93. The van der Waals surface area contributed by atoms with Crippen molar-refractivity contribution in [3.05, 3.63) is 18.1 Å². The number of hydrogen-bond donors (Lipinski definition) is 2. The molecule has 2 aliphatic rings. The summed E-state index contributed by atoms with van der Waals surface area (Å²) in [5.41, 5.74) is 6.19. The van der Waals surface area contributed by atoms with Crippen molar-refractivity contribution in [2.45, 2.75) is 38.3 Å². The van der Waals surface area contributed by atoms with Crippen LogP contribution in [0.25, 0.3) is 0 Å². The lowest BCUT2D eigenvalue weighted by Gasteiger charge is -2.48. The summed E-state index contributed by atoms with van der Waals surface area (Å²) >= 11 is 0. The minimum absolute atomic E-state index is 0.0105. The Morgan fingerprint density at radius 2 is 2.14 bits per heavy atom. The maximum Gasteiger partial charge on any atom is 0.192 e. The zero-order valence-corrected chi connectivity index (χ0v) is 12.3. The molecule has 2 aliphatic heterocycles. The summed E-state index contributed by atoms with van der Waals surface area (Å²) in [5, 5.41) is 12.0. The first-order valence-corrected chi connectivity index (χ1v) is 7.50. The lowest BCUT2D eigenvalue weighted by atomic mass is 9.97. The van der Waals surface area contributed by atoms with Crippen LogP contribution in [0.15, 0.2) is 17.5 Å². The van der Waals surface area contributed by atoms with Crippen LogP contribution in [-0.2, 0) is 0 Å². The average molecular weight is 290 g/mol. The van der Waals surface area contributed by atoms with Gasteiger partial charge in [-0.15, -0.1) is 0 Å². The third-order valence-corrected chi connectivity index (χ3v) is 4.49. The molecule has 1 aromatic heterocycles. The summed E-state index contributed by atoms with van der Waals surface area (Å²) in [4.78, 5) is 13.5. The van der Waals surface area contributed by atoms with Crippen LogP contribution in [0.1, 0.15) is 31.9 Å². The van der Waals surface area contributed by atoms with Crippen LogP contribution in [0.3, 0.4) is 0 Å². The van der Waals surface area contributed by atoms with Crippen molar-refractivity contribution in [3.8, 4) is 0 Å². The molecule has 0 bridgehead atoms. The van der Waals surface area contributed by atoms with Crippen molar-refractivity contribution >= 4 is 11.7 Å². The fourth-order valence-electron chi connectivity index (χ4n) is 3.42. The molecule has 0 amide bonds. The minimum Gasteiger partial charge on any atom is -0.409 e. The molecule has 3 rings (SSSR count). The molecule has 0 radical (unpaired) electrons. The third kappa shape index (κ3) is 2.65. The molecule has 2 saturated heterocycles. The largest absolute Gasteiger partial charge is 0.409 e. The van der Waals surface area contributed by atoms with Gasteiger partial charge in [-0.2, -0.15) is 0 Å². The van der Waals surface area contributed by atoms with Gasteiger partial charge in [0.25, 0.3) is 0 Å². The van der Waals surface area contributed by atoms with Crippen molar-refractivity contribution in [2.75, 3.05) is 24.5 Å². The van der Waals surface area contributed by atoms with Crippen LogP contribution in [0.2, 0.25) is 0 Å². The van der Waals surface area contributed by atoms with E-state index < -0.39 is 0 Å². The summed E-state index contributed by atoms with van der Waals surface area (Å²) in [7, 11) is 0. The molecule has 7 nitrogen and oxygen atoms in total. The number of oxime groups is 1. The summed E-state index contributed by atoms with van der Waals surface area (Å²) in [6.45, 7) is 5.33. The Morgan fingerprint density at radius 3 is 2.95 bits per heavy atom. The fourth-order valence-corrected chi connectivity index (χ4v) is 3.42. The molecule has 3 N–H and O–H groups in total. The van der Waals surface area contributed by atoms with Crippen molar-refractivity contribution < 1.29 is 5.21 Å². The van der Waals surface area contributed by atoms with E-state index in [1.807, 2.05) is 0 Å². The van der Waals surface area contributed by atoms with E-state index in [9.17, 15) is 0 Å². The van der Waals surface area contributed by atoms with Gasteiger partial charge in [-0.05, 0) is 26.3 Å². The minimum atomic E-state index is 0.0105. The first kappa shape index (κ1) is 14.1. The van der Waals surface area contributed by atoms with Crippen LogP contribution in [-0.4, -0.2) is 57.6 Å². The van der Waals surface area contributed by atoms with Gasteiger partial charge in [-0.3, -0.25) is 4.90 Å². The Balaban J connectivity index is 1.89. The van der Waals surface area contributed by atoms with E-state index in [-0.39, 0.29) is 5.84 Å². The van der Waals surface area contributed by atoms with Crippen molar-refractivity contribution in [1.82, 2.24) is 14.9 Å². The number of aromatic nitrogens is 2. The molecule has 21 heavy (non-hydrogen) atoms. The molecule has 114 valence electrons. The van der Waals surface area contributed by atoms with E-state index >= 15 is 0 Å². The van der Waals surface area contributed by atoms with Gasteiger partial charge >= 0.3 is 0 Å². The van der Waals surface area contributed by atoms with Gasteiger partial charge in [0, 0.05) is 37.6 Å². The standard InChI is InChI=1S/C14H22N6O/c1-10-8-19-7-3-2-4-11(19)9-20(10)14-12(13(15)18-21)16-5-6-17-14/h5-6,10-11,21H,2-4,7-9H2,1H3,(H2,15,18). The molecule has 0 spiro atoms. The van der Waals surface area contributed by atoms with Gasteiger partial charge in [-0.1, -0.05) is 11.6 Å². The molecule has 3 heterocycles. The number of piperidine rings is 1. The van der Waals surface area contributed by atoms with Crippen molar-refractivity contribution in [3.63, 3.8) is 0 Å². The van der Waals surface area contributed by atoms with Gasteiger partial charge in [-0.25, -0.2) is 9.97 Å². The molecule has 0 aliphatic carbocycles. The second kappa shape index (κ2) is 5.85. The fraction of sp³-hybridized carbons (Fsp3) is 0.643. The molecule has 2 unspecified atom stereocenters. The SMILES string of the molecule is CC1CN2CCCCC2CN1c1nccnc1C(N)=NO. The van der Waals surface area contributed by atoms with Crippen LogP contribution < -0.4 is 10.6 Å². The maximum absolute atomic E-state index is 8.93.